The number of aryl methyl sites for hydroxylation is 1. The van der Waals surface area contributed by atoms with Crippen LogP contribution in [-0.2, 0) is 13.0 Å². The van der Waals surface area contributed by atoms with Crippen LogP contribution < -0.4 is 4.90 Å². The van der Waals surface area contributed by atoms with Gasteiger partial charge in [0.05, 0.1) is 0 Å². The minimum absolute atomic E-state index is 0.382. The van der Waals surface area contributed by atoms with Crippen LogP contribution in [0, 0.1) is 0 Å². The number of aromatic nitrogens is 5. The molecule has 7 heteroatoms. The number of rotatable bonds is 2. The number of benzene rings is 1. The van der Waals surface area contributed by atoms with E-state index in [-0.39, 0.29) is 0 Å². The zero-order valence-corrected chi connectivity index (χ0v) is 15.0. The van der Waals surface area contributed by atoms with E-state index in [0.29, 0.717) is 5.92 Å². The molecule has 1 unspecified atom stereocenters. The summed E-state index contributed by atoms with van der Waals surface area (Å²) >= 11 is 0. The van der Waals surface area contributed by atoms with Crippen molar-refractivity contribution in [1.29, 1.82) is 0 Å². The van der Waals surface area contributed by atoms with Crippen LogP contribution in [0.5, 0.6) is 0 Å². The van der Waals surface area contributed by atoms with Crippen molar-refractivity contribution in [2.75, 3.05) is 18.0 Å². The Balaban J connectivity index is 1.40. The molecule has 0 aliphatic carbocycles. The van der Waals surface area contributed by atoms with Gasteiger partial charge >= 0.3 is 0 Å². The van der Waals surface area contributed by atoms with Crippen molar-refractivity contribution in [3.8, 4) is 0 Å². The van der Waals surface area contributed by atoms with Crippen molar-refractivity contribution < 1.29 is 4.42 Å². The topological polar surface area (TPSA) is 72.9 Å². The number of anilines is 1. The predicted molar refractivity (Wildman–Crippen MR) is 102 cm³/mol. The van der Waals surface area contributed by atoms with Crippen molar-refractivity contribution in [1.82, 2.24) is 24.7 Å². The number of hydrogen-bond donors (Lipinski definition) is 0. The van der Waals surface area contributed by atoms with E-state index < -0.39 is 0 Å². The van der Waals surface area contributed by atoms with Crippen molar-refractivity contribution in [3.05, 3.63) is 42.2 Å². The largest absolute Gasteiger partial charge is 0.450 e. The maximum atomic E-state index is 6.14. The first-order chi connectivity index (χ1) is 13.4. The maximum absolute atomic E-state index is 6.14. The van der Waals surface area contributed by atoms with Crippen LogP contribution in [-0.4, -0.2) is 37.8 Å². The molecule has 136 valence electrons. The lowest BCUT2D eigenvalue weighted by atomic mass is 9.97. The van der Waals surface area contributed by atoms with Crippen LogP contribution >= 0.6 is 0 Å². The lowest BCUT2D eigenvalue weighted by Crippen LogP contribution is -2.36. The number of fused-ring (bicyclic) bond motifs is 4. The number of para-hydroxylation sites is 1. The summed E-state index contributed by atoms with van der Waals surface area (Å²) in [6.07, 6.45) is 6.13. The van der Waals surface area contributed by atoms with Crippen LogP contribution in [0.1, 0.15) is 36.8 Å². The van der Waals surface area contributed by atoms with Gasteiger partial charge in [-0.3, -0.25) is 0 Å². The third-order valence-corrected chi connectivity index (χ3v) is 5.86. The molecule has 1 aromatic carbocycles. The van der Waals surface area contributed by atoms with E-state index in [0.717, 1.165) is 78.4 Å². The number of hydrogen-bond acceptors (Lipinski definition) is 6. The molecular formula is C20H20N6O. The van der Waals surface area contributed by atoms with Gasteiger partial charge in [0.25, 0.3) is 0 Å². The molecule has 2 aliphatic heterocycles. The molecule has 0 saturated carbocycles. The third-order valence-electron chi connectivity index (χ3n) is 5.86. The first-order valence-electron chi connectivity index (χ1n) is 9.67. The minimum Gasteiger partial charge on any atom is -0.450 e. The Kier molecular flexibility index (Phi) is 3.23. The highest BCUT2D eigenvalue weighted by molar-refractivity contribution is 6.05. The molecule has 1 fully saturated rings. The summed E-state index contributed by atoms with van der Waals surface area (Å²) in [5.41, 5.74) is 2.53. The molecule has 4 aromatic rings. The van der Waals surface area contributed by atoms with E-state index in [1.807, 2.05) is 18.2 Å². The molecule has 27 heavy (non-hydrogen) atoms. The summed E-state index contributed by atoms with van der Waals surface area (Å²) in [6.45, 7) is 2.91. The Labute approximate surface area is 156 Å². The molecule has 0 amide bonds. The molecule has 1 saturated heterocycles. The molecular weight excluding hydrogens is 340 g/mol. The second-order valence-electron chi connectivity index (χ2n) is 7.49. The maximum Gasteiger partial charge on any atom is 0.196 e. The Morgan fingerprint density at radius 1 is 1.04 bits per heavy atom. The first-order valence-corrected chi connectivity index (χ1v) is 9.67. The highest BCUT2D eigenvalue weighted by Crippen LogP contribution is 2.35. The van der Waals surface area contributed by atoms with Crippen molar-refractivity contribution >= 4 is 27.9 Å². The number of furan rings is 1. The smallest absolute Gasteiger partial charge is 0.196 e. The highest BCUT2D eigenvalue weighted by Gasteiger charge is 2.30. The van der Waals surface area contributed by atoms with E-state index in [1.54, 1.807) is 6.33 Å². The zero-order chi connectivity index (χ0) is 17.8. The van der Waals surface area contributed by atoms with E-state index in [2.05, 4.69) is 35.7 Å². The fourth-order valence-electron chi connectivity index (χ4n) is 4.59. The lowest BCUT2D eigenvalue weighted by Gasteiger charge is -2.32. The highest BCUT2D eigenvalue weighted by atomic mass is 16.3. The molecule has 3 aromatic heterocycles. The van der Waals surface area contributed by atoms with Gasteiger partial charge in [-0.1, -0.05) is 12.1 Å². The Morgan fingerprint density at radius 3 is 3.00 bits per heavy atom. The van der Waals surface area contributed by atoms with Gasteiger partial charge in [-0.25, -0.2) is 9.97 Å². The summed E-state index contributed by atoms with van der Waals surface area (Å²) in [7, 11) is 0. The number of piperidine rings is 1. The molecule has 0 radical (unpaired) electrons. The standard InChI is InChI=1S/C20H20N6O/c1-2-7-15-14(6-1)17-18(27-15)20(22-12-21-17)25-9-3-5-13(11-25)19-24-23-16-8-4-10-26(16)19/h1-2,6-7,12-13H,3-5,8-11H2. The second-order valence-corrected chi connectivity index (χ2v) is 7.49. The van der Waals surface area contributed by atoms with Crippen LogP contribution in [0.2, 0.25) is 0 Å². The van der Waals surface area contributed by atoms with Crippen LogP contribution in [0.4, 0.5) is 5.82 Å². The van der Waals surface area contributed by atoms with Gasteiger partial charge in [-0.05, 0) is 31.4 Å². The molecule has 1 atom stereocenters. The average molecular weight is 360 g/mol. The van der Waals surface area contributed by atoms with Gasteiger partial charge in [0, 0.05) is 37.4 Å². The van der Waals surface area contributed by atoms with Crippen molar-refractivity contribution in [2.24, 2.45) is 0 Å². The minimum atomic E-state index is 0.382. The van der Waals surface area contributed by atoms with Gasteiger partial charge in [0.15, 0.2) is 11.4 Å². The molecule has 0 N–H and O–H groups in total. The molecule has 2 aliphatic rings. The van der Waals surface area contributed by atoms with E-state index in [9.17, 15) is 0 Å². The first kappa shape index (κ1) is 15.1. The summed E-state index contributed by atoms with van der Waals surface area (Å²) < 4.78 is 8.46. The summed E-state index contributed by atoms with van der Waals surface area (Å²) in [5, 5.41) is 9.96. The average Bonchev–Trinajstić information content (AvgIpc) is 3.41. The predicted octanol–water partition coefficient (Wildman–Crippen LogP) is 3.30. The summed E-state index contributed by atoms with van der Waals surface area (Å²) in [6, 6.07) is 8.04. The molecule has 0 spiro atoms. The van der Waals surface area contributed by atoms with Gasteiger partial charge < -0.3 is 13.9 Å². The third kappa shape index (κ3) is 2.27. The quantitative estimate of drug-likeness (QED) is 0.546. The van der Waals surface area contributed by atoms with Crippen molar-refractivity contribution in [2.45, 2.75) is 38.1 Å². The van der Waals surface area contributed by atoms with E-state index in [1.165, 1.54) is 6.42 Å². The van der Waals surface area contributed by atoms with Crippen LogP contribution in [0.3, 0.4) is 0 Å². The second kappa shape index (κ2) is 5.77. The summed E-state index contributed by atoms with van der Waals surface area (Å²) in [5.74, 6) is 3.56. The normalized spacial score (nSPS) is 19.9. The van der Waals surface area contributed by atoms with Gasteiger partial charge in [0.2, 0.25) is 0 Å². The van der Waals surface area contributed by atoms with Gasteiger partial charge in [-0.15, -0.1) is 10.2 Å². The summed E-state index contributed by atoms with van der Waals surface area (Å²) in [4.78, 5) is 11.4. The SMILES string of the molecule is c1ccc2c(c1)oc1c(N3CCCC(c4nnc5n4CCC5)C3)ncnc12. The molecule has 6 rings (SSSR count). The van der Waals surface area contributed by atoms with Gasteiger partial charge in [-0.2, -0.15) is 0 Å². The number of nitrogens with zero attached hydrogens (tertiary/aromatic N) is 6. The fraction of sp³-hybridized carbons (Fsp3) is 0.400. The Morgan fingerprint density at radius 2 is 2.00 bits per heavy atom. The van der Waals surface area contributed by atoms with Crippen LogP contribution in [0.25, 0.3) is 22.1 Å². The Bertz CT molecular complexity index is 1150. The van der Waals surface area contributed by atoms with Gasteiger partial charge in [0.1, 0.15) is 29.1 Å². The molecule has 7 nitrogen and oxygen atoms in total. The molecule has 0 bridgehead atoms. The van der Waals surface area contributed by atoms with E-state index >= 15 is 0 Å². The van der Waals surface area contributed by atoms with E-state index in [4.69, 9.17) is 4.42 Å². The fourth-order valence-corrected chi connectivity index (χ4v) is 4.59. The monoisotopic (exact) mass is 360 g/mol. The Hall–Kier alpha value is -2.96. The van der Waals surface area contributed by atoms with Crippen molar-refractivity contribution in [3.63, 3.8) is 0 Å². The van der Waals surface area contributed by atoms with Crippen LogP contribution in [0.15, 0.2) is 35.0 Å². The lowest BCUT2D eigenvalue weighted by molar-refractivity contribution is 0.470. The zero-order valence-electron chi connectivity index (χ0n) is 15.0. The molecule has 5 heterocycles.